The zero-order chi connectivity index (χ0) is 18.6. The third kappa shape index (κ3) is 3.97. The highest BCUT2D eigenvalue weighted by Gasteiger charge is 2.24. The van der Waals surface area contributed by atoms with Gasteiger partial charge < -0.3 is 14.5 Å². The molecule has 0 saturated carbocycles. The molecule has 1 unspecified atom stereocenters. The first-order chi connectivity index (χ1) is 13.2. The van der Waals surface area contributed by atoms with E-state index in [2.05, 4.69) is 16.3 Å². The molecule has 0 aliphatic carbocycles. The third-order valence-corrected chi connectivity index (χ3v) is 5.70. The summed E-state index contributed by atoms with van der Waals surface area (Å²) >= 11 is 1.68. The fourth-order valence-corrected chi connectivity index (χ4v) is 4.21. The van der Waals surface area contributed by atoms with Crippen LogP contribution in [0.2, 0.25) is 0 Å². The lowest BCUT2D eigenvalue weighted by molar-refractivity contribution is -0.122. The minimum Gasteiger partial charge on any atom is -0.408 e. The number of aromatic nitrogens is 1. The maximum absolute atomic E-state index is 12.5. The van der Waals surface area contributed by atoms with Crippen molar-refractivity contribution in [3.63, 3.8) is 0 Å². The van der Waals surface area contributed by atoms with Crippen LogP contribution in [-0.4, -0.2) is 48.2 Å². The summed E-state index contributed by atoms with van der Waals surface area (Å²) in [4.78, 5) is 28.1. The minimum absolute atomic E-state index is 0.0594. The summed E-state index contributed by atoms with van der Waals surface area (Å²) in [5, 5.41) is 5.03. The zero-order valence-corrected chi connectivity index (χ0v) is 15.6. The van der Waals surface area contributed by atoms with E-state index >= 15 is 0 Å². The second-order valence-corrected chi connectivity index (χ2v) is 7.38. The van der Waals surface area contributed by atoms with Crippen molar-refractivity contribution in [3.05, 3.63) is 57.2 Å². The van der Waals surface area contributed by atoms with Gasteiger partial charge in [0.15, 0.2) is 5.58 Å². The molecule has 1 amide bonds. The number of rotatable bonds is 6. The van der Waals surface area contributed by atoms with Crippen LogP contribution in [0.5, 0.6) is 0 Å². The van der Waals surface area contributed by atoms with E-state index in [9.17, 15) is 9.59 Å². The highest BCUT2D eigenvalue weighted by molar-refractivity contribution is 7.10. The molecule has 1 fully saturated rings. The number of para-hydroxylation sites is 2. The van der Waals surface area contributed by atoms with Gasteiger partial charge in [0, 0.05) is 24.5 Å². The number of oxazole rings is 1. The molecule has 142 valence electrons. The predicted octanol–water partition coefficient (Wildman–Crippen LogP) is 1.85. The standard InChI is InChI=1S/C19H21N3O4S/c23-18(13-22-14-4-1-2-5-16(14)26-19(22)24)20-12-15(17-6-3-11-27-17)21-7-9-25-10-8-21/h1-6,11,15H,7-10,12-13H2,(H,20,23). The van der Waals surface area contributed by atoms with Crippen molar-refractivity contribution in [1.29, 1.82) is 0 Å². The Balaban J connectivity index is 1.45. The number of thiophene rings is 1. The number of fused-ring (bicyclic) bond motifs is 1. The van der Waals surface area contributed by atoms with Gasteiger partial charge >= 0.3 is 5.76 Å². The highest BCUT2D eigenvalue weighted by Crippen LogP contribution is 2.25. The summed E-state index contributed by atoms with van der Waals surface area (Å²) in [5.41, 5.74) is 1.11. The molecule has 3 heterocycles. The van der Waals surface area contributed by atoms with Crippen LogP contribution in [0.15, 0.2) is 51.0 Å². The van der Waals surface area contributed by atoms with Gasteiger partial charge in [-0.05, 0) is 23.6 Å². The monoisotopic (exact) mass is 387 g/mol. The van der Waals surface area contributed by atoms with Crippen molar-refractivity contribution in [2.45, 2.75) is 12.6 Å². The predicted molar refractivity (Wildman–Crippen MR) is 103 cm³/mol. The Hall–Kier alpha value is -2.42. The molecule has 1 aromatic carbocycles. The van der Waals surface area contributed by atoms with Crippen LogP contribution in [0.4, 0.5) is 0 Å². The minimum atomic E-state index is -0.519. The topological polar surface area (TPSA) is 76.7 Å². The molecule has 0 radical (unpaired) electrons. The number of ether oxygens (including phenoxy) is 1. The Labute approximate surface area is 160 Å². The van der Waals surface area contributed by atoms with E-state index in [1.54, 1.807) is 29.5 Å². The van der Waals surface area contributed by atoms with E-state index in [-0.39, 0.29) is 18.5 Å². The normalized spacial score (nSPS) is 16.4. The molecular formula is C19H21N3O4S. The number of carbonyl (C=O) groups excluding carboxylic acids is 1. The van der Waals surface area contributed by atoms with Gasteiger partial charge in [0.05, 0.1) is 24.8 Å². The molecule has 1 aliphatic rings. The van der Waals surface area contributed by atoms with Crippen molar-refractivity contribution in [2.24, 2.45) is 0 Å². The van der Waals surface area contributed by atoms with Gasteiger partial charge in [0.25, 0.3) is 0 Å². The molecule has 4 rings (SSSR count). The first kappa shape index (κ1) is 18.0. The van der Waals surface area contributed by atoms with E-state index in [0.717, 1.165) is 13.1 Å². The second kappa shape index (κ2) is 8.08. The first-order valence-electron chi connectivity index (χ1n) is 8.92. The van der Waals surface area contributed by atoms with Gasteiger partial charge in [-0.15, -0.1) is 11.3 Å². The van der Waals surface area contributed by atoms with E-state index in [0.29, 0.717) is 30.9 Å². The second-order valence-electron chi connectivity index (χ2n) is 6.41. The average molecular weight is 387 g/mol. The van der Waals surface area contributed by atoms with Crippen LogP contribution in [0, 0.1) is 0 Å². The first-order valence-corrected chi connectivity index (χ1v) is 9.80. The molecule has 8 heteroatoms. The number of carbonyl (C=O) groups is 1. The third-order valence-electron chi connectivity index (χ3n) is 4.73. The largest absolute Gasteiger partial charge is 0.420 e. The molecule has 1 aliphatic heterocycles. The van der Waals surface area contributed by atoms with Crippen molar-refractivity contribution >= 4 is 28.3 Å². The van der Waals surface area contributed by atoms with Crippen molar-refractivity contribution in [3.8, 4) is 0 Å². The fraction of sp³-hybridized carbons (Fsp3) is 0.368. The number of nitrogens with one attached hydrogen (secondary N) is 1. The molecule has 7 nitrogen and oxygen atoms in total. The Kier molecular flexibility index (Phi) is 5.38. The van der Waals surface area contributed by atoms with Crippen LogP contribution in [0.3, 0.4) is 0 Å². The Morgan fingerprint density at radius 3 is 2.78 bits per heavy atom. The number of hydrogen-bond acceptors (Lipinski definition) is 6. The molecule has 27 heavy (non-hydrogen) atoms. The van der Waals surface area contributed by atoms with E-state index in [1.165, 1.54) is 9.44 Å². The quantitative estimate of drug-likeness (QED) is 0.699. The van der Waals surface area contributed by atoms with Crippen LogP contribution in [-0.2, 0) is 16.1 Å². The van der Waals surface area contributed by atoms with Crippen molar-refractivity contribution in [2.75, 3.05) is 32.8 Å². The Morgan fingerprint density at radius 1 is 1.19 bits per heavy atom. The Morgan fingerprint density at radius 2 is 2.00 bits per heavy atom. The molecule has 1 N–H and O–H groups in total. The molecular weight excluding hydrogens is 366 g/mol. The molecule has 2 aromatic heterocycles. The van der Waals surface area contributed by atoms with Crippen LogP contribution >= 0.6 is 11.3 Å². The van der Waals surface area contributed by atoms with Crippen LogP contribution in [0.1, 0.15) is 10.9 Å². The zero-order valence-electron chi connectivity index (χ0n) is 14.8. The number of hydrogen-bond donors (Lipinski definition) is 1. The lowest BCUT2D eigenvalue weighted by atomic mass is 10.2. The summed E-state index contributed by atoms with van der Waals surface area (Å²) in [6.45, 7) is 3.51. The SMILES string of the molecule is O=C(Cn1c(=O)oc2ccccc21)NCC(c1cccs1)N1CCOCC1. The number of amides is 1. The summed E-state index contributed by atoms with van der Waals surface area (Å²) in [7, 11) is 0. The van der Waals surface area contributed by atoms with Crippen LogP contribution < -0.4 is 11.1 Å². The summed E-state index contributed by atoms with van der Waals surface area (Å²) in [6, 6.07) is 11.3. The van der Waals surface area contributed by atoms with E-state index < -0.39 is 5.76 Å². The van der Waals surface area contributed by atoms with Crippen LogP contribution in [0.25, 0.3) is 11.1 Å². The van der Waals surface area contributed by atoms with Gasteiger partial charge in [0.2, 0.25) is 5.91 Å². The lowest BCUT2D eigenvalue weighted by Crippen LogP contribution is -2.44. The number of morpholine rings is 1. The summed E-state index contributed by atoms with van der Waals surface area (Å²) < 4.78 is 12.0. The smallest absolute Gasteiger partial charge is 0.408 e. The summed E-state index contributed by atoms with van der Waals surface area (Å²) in [6.07, 6.45) is 0. The fourth-order valence-electron chi connectivity index (χ4n) is 3.35. The maximum atomic E-state index is 12.5. The van der Waals surface area contributed by atoms with Gasteiger partial charge in [-0.2, -0.15) is 0 Å². The van der Waals surface area contributed by atoms with Gasteiger partial charge in [-0.3, -0.25) is 14.3 Å². The molecule has 0 spiro atoms. The molecule has 1 atom stereocenters. The van der Waals surface area contributed by atoms with Crippen molar-refractivity contribution < 1.29 is 13.9 Å². The summed E-state index contributed by atoms with van der Waals surface area (Å²) in [5.74, 6) is -0.729. The lowest BCUT2D eigenvalue weighted by Gasteiger charge is -2.34. The molecule has 0 bridgehead atoms. The van der Waals surface area contributed by atoms with Gasteiger partial charge in [0.1, 0.15) is 6.54 Å². The number of benzene rings is 1. The van der Waals surface area contributed by atoms with E-state index in [1.807, 2.05) is 17.5 Å². The van der Waals surface area contributed by atoms with Crippen molar-refractivity contribution in [1.82, 2.24) is 14.8 Å². The number of nitrogens with zero attached hydrogens (tertiary/aromatic N) is 2. The maximum Gasteiger partial charge on any atom is 0.420 e. The molecule has 1 saturated heterocycles. The average Bonchev–Trinajstić information content (AvgIpc) is 3.32. The highest BCUT2D eigenvalue weighted by atomic mass is 32.1. The van der Waals surface area contributed by atoms with Gasteiger partial charge in [-0.25, -0.2) is 4.79 Å². The van der Waals surface area contributed by atoms with Gasteiger partial charge in [-0.1, -0.05) is 18.2 Å². The molecule has 3 aromatic rings. The Bertz CT molecular complexity index is 957. The van der Waals surface area contributed by atoms with E-state index in [4.69, 9.17) is 9.15 Å².